The van der Waals surface area contributed by atoms with E-state index in [4.69, 9.17) is 9.84 Å². The molecule has 0 saturated carbocycles. The fraction of sp³-hybridized carbons (Fsp3) is 0.231. The third-order valence-electron chi connectivity index (χ3n) is 5.52. The van der Waals surface area contributed by atoms with Crippen LogP contribution in [-0.4, -0.2) is 60.0 Å². The molecule has 1 aliphatic heterocycles. The van der Waals surface area contributed by atoms with Gasteiger partial charge in [-0.25, -0.2) is 4.79 Å². The monoisotopic (exact) mass is 429 g/mol. The zero-order chi connectivity index (χ0) is 22.2. The first kappa shape index (κ1) is 21.6. The van der Waals surface area contributed by atoms with Crippen molar-refractivity contribution < 1.29 is 14.6 Å². The Kier molecular flexibility index (Phi) is 7.15. The zero-order valence-corrected chi connectivity index (χ0v) is 17.9. The van der Waals surface area contributed by atoms with E-state index >= 15 is 0 Å². The lowest BCUT2D eigenvalue weighted by Gasteiger charge is -2.38. The Balaban J connectivity index is 1.43. The standard InChI is InChI=1S/C26H27N3O3/c30-25(31)20-32-24-14-8-7-13-23(24)19-27-29-17-15-28(16-18-29)26(21-9-3-1-4-10-21)22-11-5-2-6-12-22/h1-14,19,26H,15-18,20H2,(H,30,31). The number of para-hydroxylation sites is 1. The Hall–Kier alpha value is -3.64. The van der Waals surface area contributed by atoms with E-state index in [1.165, 1.54) is 11.1 Å². The predicted octanol–water partition coefficient (Wildman–Crippen LogP) is 3.89. The minimum Gasteiger partial charge on any atom is -0.481 e. The van der Waals surface area contributed by atoms with Crippen LogP contribution in [0.25, 0.3) is 0 Å². The summed E-state index contributed by atoms with van der Waals surface area (Å²) in [6, 6.07) is 28.8. The molecule has 164 valence electrons. The van der Waals surface area contributed by atoms with Gasteiger partial charge >= 0.3 is 5.97 Å². The smallest absolute Gasteiger partial charge is 0.341 e. The minimum atomic E-state index is -1.00. The lowest BCUT2D eigenvalue weighted by atomic mass is 9.96. The van der Waals surface area contributed by atoms with Gasteiger partial charge in [-0.05, 0) is 23.3 Å². The molecule has 6 nitrogen and oxygen atoms in total. The number of aliphatic carboxylic acids is 1. The summed E-state index contributed by atoms with van der Waals surface area (Å²) in [5.41, 5.74) is 3.35. The molecular weight excluding hydrogens is 402 g/mol. The normalized spacial score (nSPS) is 14.7. The molecule has 1 heterocycles. The van der Waals surface area contributed by atoms with Crippen LogP contribution in [0.1, 0.15) is 22.7 Å². The summed E-state index contributed by atoms with van der Waals surface area (Å²) >= 11 is 0. The molecule has 0 radical (unpaired) electrons. The minimum absolute atomic E-state index is 0.216. The molecule has 6 heteroatoms. The first-order chi connectivity index (χ1) is 15.7. The number of hydrazone groups is 1. The van der Waals surface area contributed by atoms with Crippen molar-refractivity contribution in [2.75, 3.05) is 32.8 Å². The molecule has 0 bridgehead atoms. The van der Waals surface area contributed by atoms with Gasteiger partial charge in [0, 0.05) is 31.7 Å². The van der Waals surface area contributed by atoms with Crippen molar-refractivity contribution in [2.24, 2.45) is 5.10 Å². The number of hydrogen-bond acceptors (Lipinski definition) is 5. The molecule has 0 amide bonds. The van der Waals surface area contributed by atoms with Gasteiger partial charge in [-0.15, -0.1) is 0 Å². The number of carboxylic acid groups (broad SMARTS) is 1. The highest BCUT2D eigenvalue weighted by atomic mass is 16.5. The number of benzene rings is 3. The molecule has 1 saturated heterocycles. The van der Waals surface area contributed by atoms with Crippen LogP contribution >= 0.6 is 0 Å². The van der Waals surface area contributed by atoms with Gasteiger partial charge in [0.15, 0.2) is 6.61 Å². The van der Waals surface area contributed by atoms with Crippen LogP contribution in [0.2, 0.25) is 0 Å². The van der Waals surface area contributed by atoms with Crippen LogP contribution in [0, 0.1) is 0 Å². The summed E-state index contributed by atoms with van der Waals surface area (Å²) in [5, 5.41) is 15.6. The largest absolute Gasteiger partial charge is 0.481 e. The van der Waals surface area contributed by atoms with Crippen LogP contribution < -0.4 is 4.74 Å². The lowest BCUT2D eigenvalue weighted by molar-refractivity contribution is -0.139. The van der Waals surface area contributed by atoms with Gasteiger partial charge in [-0.3, -0.25) is 9.91 Å². The third kappa shape index (κ3) is 5.53. The highest BCUT2D eigenvalue weighted by molar-refractivity contribution is 5.83. The molecule has 0 aliphatic carbocycles. The van der Waals surface area contributed by atoms with Crippen molar-refractivity contribution in [1.82, 2.24) is 9.91 Å². The van der Waals surface area contributed by atoms with Crippen LogP contribution in [-0.2, 0) is 4.79 Å². The van der Waals surface area contributed by atoms with E-state index in [2.05, 4.69) is 75.7 Å². The van der Waals surface area contributed by atoms with E-state index in [0.717, 1.165) is 31.7 Å². The Morgan fingerprint density at radius 1 is 0.875 bits per heavy atom. The second kappa shape index (κ2) is 10.6. The lowest BCUT2D eigenvalue weighted by Crippen LogP contribution is -2.45. The first-order valence-electron chi connectivity index (χ1n) is 10.8. The summed E-state index contributed by atoms with van der Waals surface area (Å²) < 4.78 is 5.37. The van der Waals surface area contributed by atoms with Gasteiger partial charge in [0.25, 0.3) is 0 Å². The molecule has 32 heavy (non-hydrogen) atoms. The van der Waals surface area contributed by atoms with Crippen molar-refractivity contribution in [3.8, 4) is 5.75 Å². The number of rotatable bonds is 8. The number of carbonyl (C=O) groups is 1. The molecule has 0 aromatic heterocycles. The van der Waals surface area contributed by atoms with Gasteiger partial charge < -0.3 is 9.84 Å². The van der Waals surface area contributed by atoms with E-state index in [-0.39, 0.29) is 12.6 Å². The molecular formula is C26H27N3O3. The Morgan fingerprint density at radius 2 is 1.44 bits per heavy atom. The fourth-order valence-corrected chi connectivity index (χ4v) is 3.97. The van der Waals surface area contributed by atoms with E-state index < -0.39 is 5.97 Å². The molecule has 1 fully saturated rings. The summed E-state index contributed by atoms with van der Waals surface area (Å²) in [5.74, 6) is -0.482. The van der Waals surface area contributed by atoms with E-state index in [9.17, 15) is 4.79 Å². The van der Waals surface area contributed by atoms with Gasteiger partial charge in [-0.1, -0.05) is 72.8 Å². The number of carboxylic acids is 1. The number of ether oxygens (including phenoxy) is 1. The molecule has 0 spiro atoms. The summed E-state index contributed by atoms with van der Waals surface area (Å²) in [6.45, 7) is 3.03. The molecule has 1 N–H and O–H groups in total. The highest BCUT2D eigenvalue weighted by Crippen LogP contribution is 2.29. The fourth-order valence-electron chi connectivity index (χ4n) is 3.97. The number of nitrogens with zero attached hydrogens (tertiary/aromatic N) is 3. The van der Waals surface area contributed by atoms with Gasteiger partial charge in [-0.2, -0.15) is 5.10 Å². The van der Waals surface area contributed by atoms with E-state index in [1.54, 1.807) is 12.3 Å². The molecule has 3 aromatic rings. The number of piperazine rings is 1. The van der Waals surface area contributed by atoms with E-state index in [0.29, 0.717) is 5.75 Å². The Labute approximate surface area is 188 Å². The first-order valence-corrected chi connectivity index (χ1v) is 10.8. The molecule has 4 rings (SSSR count). The summed E-state index contributed by atoms with van der Waals surface area (Å²) in [4.78, 5) is 13.3. The molecule has 0 atom stereocenters. The van der Waals surface area contributed by atoms with Crippen molar-refractivity contribution in [2.45, 2.75) is 6.04 Å². The van der Waals surface area contributed by atoms with Crippen LogP contribution in [0.3, 0.4) is 0 Å². The van der Waals surface area contributed by atoms with E-state index in [1.807, 2.05) is 18.2 Å². The average molecular weight is 430 g/mol. The van der Waals surface area contributed by atoms with Crippen molar-refractivity contribution in [3.63, 3.8) is 0 Å². The second-order valence-corrected chi connectivity index (χ2v) is 7.68. The van der Waals surface area contributed by atoms with Crippen molar-refractivity contribution in [3.05, 3.63) is 102 Å². The van der Waals surface area contributed by atoms with Crippen LogP contribution in [0.15, 0.2) is 90.0 Å². The highest BCUT2D eigenvalue weighted by Gasteiger charge is 2.25. The SMILES string of the molecule is O=C(O)COc1ccccc1C=NN1CCN(C(c2ccccc2)c2ccccc2)CC1. The number of hydrogen-bond donors (Lipinski definition) is 1. The molecule has 0 unspecified atom stereocenters. The van der Waals surface area contributed by atoms with Gasteiger partial charge in [0.1, 0.15) is 5.75 Å². The average Bonchev–Trinajstić information content (AvgIpc) is 2.84. The van der Waals surface area contributed by atoms with Crippen LogP contribution in [0.4, 0.5) is 0 Å². The Bertz CT molecular complexity index is 993. The predicted molar refractivity (Wildman–Crippen MR) is 125 cm³/mol. The summed E-state index contributed by atoms with van der Waals surface area (Å²) in [7, 11) is 0. The second-order valence-electron chi connectivity index (χ2n) is 7.68. The quantitative estimate of drug-likeness (QED) is 0.551. The Morgan fingerprint density at radius 3 is 2.03 bits per heavy atom. The molecule has 1 aliphatic rings. The third-order valence-corrected chi connectivity index (χ3v) is 5.52. The van der Waals surface area contributed by atoms with Crippen molar-refractivity contribution >= 4 is 12.2 Å². The maximum Gasteiger partial charge on any atom is 0.341 e. The van der Waals surface area contributed by atoms with Gasteiger partial charge in [0.2, 0.25) is 0 Å². The molecule has 3 aromatic carbocycles. The van der Waals surface area contributed by atoms with Crippen LogP contribution in [0.5, 0.6) is 5.75 Å². The topological polar surface area (TPSA) is 65.4 Å². The maximum absolute atomic E-state index is 10.8. The maximum atomic E-state index is 10.8. The zero-order valence-electron chi connectivity index (χ0n) is 17.9. The van der Waals surface area contributed by atoms with Crippen molar-refractivity contribution in [1.29, 1.82) is 0 Å². The summed E-state index contributed by atoms with van der Waals surface area (Å²) in [6.07, 6.45) is 1.75. The van der Waals surface area contributed by atoms with Gasteiger partial charge in [0.05, 0.1) is 12.3 Å².